The van der Waals surface area contributed by atoms with Crippen LogP contribution in [0.3, 0.4) is 0 Å². The summed E-state index contributed by atoms with van der Waals surface area (Å²) in [5.74, 6) is 0. The highest BCUT2D eigenvalue weighted by Gasteiger charge is 2.16. The van der Waals surface area contributed by atoms with Gasteiger partial charge in [-0.15, -0.1) is 0 Å². The molecule has 0 saturated carbocycles. The van der Waals surface area contributed by atoms with Crippen molar-refractivity contribution in [2.45, 2.75) is 38.5 Å². The summed E-state index contributed by atoms with van der Waals surface area (Å²) < 4.78 is 0. The Morgan fingerprint density at radius 2 is 1.82 bits per heavy atom. The quantitative estimate of drug-likeness (QED) is 0.730. The first-order chi connectivity index (χ1) is 8.03. The Bertz CT molecular complexity index is 308. The predicted molar refractivity (Wildman–Crippen MR) is 76.9 cm³/mol. The third-order valence-corrected chi connectivity index (χ3v) is 4.00. The van der Waals surface area contributed by atoms with Crippen LogP contribution in [-0.2, 0) is 0 Å². The van der Waals surface area contributed by atoms with Crippen LogP contribution in [0.4, 0.5) is 0 Å². The van der Waals surface area contributed by atoms with E-state index < -0.39 is 8.07 Å². The molecule has 1 aromatic rings. The predicted octanol–water partition coefficient (Wildman–Crippen LogP) is 2.97. The third kappa shape index (κ3) is 6.01. The zero-order valence-electron chi connectivity index (χ0n) is 11.2. The van der Waals surface area contributed by atoms with Crippen molar-refractivity contribution in [3.05, 3.63) is 35.9 Å². The first-order valence-corrected chi connectivity index (χ1v) is 10.1. The molecule has 96 valence electrons. The molecule has 0 bridgehead atoms. The summed E-state index contributed by atoms with van der Waals surface area (Å²) in [5, 5.41) is 12.6. The number of aliphatic hydroxyl groups excluding tert-OH is 1. The summed E-state index contributed by atoms with van der Waals surface area (Å²) in [5.41, 5.74) is 1.33. The summed E-state index contributed by atoms with van der Waals surface area (Å²) >= 11 is 0. The number of hydrogen-bond acceptors (Lipinski definition) is 2. The molecule has 0 amide bonds. The first kappa shape index (κ1) is 14.4. The molecule has 0 fully saturated rings. The van der Waals surface area contributed by atoms with Crippen LogP contribution in [0.5, 0.6) is 0 Å². The van der Waals surface area contributed by atoms with Gasteiger partial charge >= 0.3 is 0 Å². The summed E-state index contributed by atoms with van der Waals surface area (Å²) in [7, 11) is -1.07. The van der Waals surface area contributed by atoms with Crippen molar-refractivity contribution in [2.75, 3.05) is 12.8 Å². The Labute approximate surface area is 106 Å². The molecular weight excluding hydrogens is 226 g/mol. The zero-order chi connectivity index (χ0) is 12.7. The lowest BCUT2D eigenvalue weighted by Crippen LogP contribution is -2.38. The molecule has 0 spiro atoms. The molecule has 1 unspecified atom stereocenters. The van der Waals surface area contributed by atoms with Crippen LogP contribution >= 0.6 is 0 Å². The maximum atomic E-state index is 8.97. The van der Waals surface area contributed by atoms with Crippen LogP contribution < -0.4 is 5.32 Å². The molecule has 0 aliphatic rings. The largest absolute Gasteiger partial charge is 0.396 e. The Balaban J connectivity index is 2.61. The highest BCUT2D eigenvalue weighted by atomic mass is 28.3. The molecule has 2 nitrogen and oxygen atoms in total. The van der Waals surface area contributed by atoms with E-state index in [-0.39, 0.29) is 6.61 Å². The van der Waals surface area contributed by atoms with Gasteiger partial charge in [0.2, 0.25) is 0 Å². The van der Waals surface area contributed by atoms with E-state index in [1.54, 1.807) is 0 Å². The van der Waals surface area contributed by atoms with Gasteiger partial charge in [0.1, 0.15) is 0 Å². The van der Waals surface area contributed by atoms with E-state index >= 15 is 0 Å². The van der Waals surface area contributed by atoms with E-state index in [0.29, 0.717) is 6.04 Å². The molecule has 0 radical (unpaired) electrons. The minimum Gasteiger partial charge on any atom is -0.396 e. The van der Waals surface area contributed by atoms with Crippen molar-refractivity contribution in [3.8, 4) is 0 Å². The summed E-state index contributed by atoms with van der Waals surface area (Å²) in [6.07, 6.45) is 2.99. The van der Waals surface area contributed by atoms with Gasteiger partial charge in [-0.25, -0.2) is 0 Å². The van der Waals surface area contributed by atoms with Gasteiger partial charge < -0.3 is 10.4 Å². The van der Waals surface area contributed by atoms with Gasteiger partial charge in [0.05, 0.1) is 8.07 Å². The zero-order valence-corrected chi connectivity index (χ0v) is 12.2. The first-order valence-electron chi connectivity index (χ1n) is 6.42. The van der Waals surface area contributed by atoms with Gasteiger partial charge in [-0.05, 0) is 24.6 Å². The lowest BCUT2D eigenvalue weighted by Gasteiger charge is -2.24. The van der Waals surface area contributed by atoms with E-state index in [9.17, 15) is 0 Å². The minimum atomic E-state index is -1.07. The van der Waals surface area contributed by atoms with Gasteiger partial charge in [-0.3, -0.25) is 0 Å². The summed E-state index contributed by atoms with van der Waals surface area (Å²) in [6.45, 7) is 7.38. The monoisotopic (exact) mass is 251 g/mol. The van der Waals surface area contributed by atoms with Crippen LogP contribution in [0, 0.1) is 0 Å². The van der Waals surface area contributed by atoms with Crippen LogP contribution in [-0.4, -0.2) is 26.0 Å². The second kappa shape index (κ2) is 6.94. The van der Waals surface area contributed by atoms with Gasteiger partial charge in [-0.2, -0.15) is 0 Å². The molecule has 1 rings (SSSR count). The fourth-order valence-electron chi connectivity index (χ4n) is 1.80. The molecule has 0 heterocycles. The number of aliphatic hydroxyl groups is 1. The fraction of sp³-hybridized carbons (Fsp3) is 0.571. The maximum Gasteiger partial charge on any atom is 0.0596 e. The Kier molecular flexibility index (Phi) is 5.89. The van der Waals surface area contributed by atoms with Crippen molar-refractivity contribution in [1.29, 1.82) is 0 Å². The topological polar surface area (TPSA) is 32.3 Å². The number of rotatable bonds is 7. The number of benzene rings is 1. The van der Waals surface area contributed by atoms with Crippen LogP contribution in [0.1, 0.15) is 24.4 Å². The van der Waals surface area contributed by atoms with Crippen LogP contribution in [0.15, 0.2) is 30.3 Å². The molecule has 17 heavy (non-hydrogen) atoms. The van der Waals surface area contributed by atoms with Crippen molar-refractivity contribution in [1.82, 2.24) is 5.32 Å². The Morgan fingerprint density at radius 1 is 1.18 bits per heavy atom. The molecule has 1 atom stereocenters. The fourth-order valence-corrected chi connectivity index (χ4v) is 2.66. The van der Waals surface area contributed by atoms with E-state index in [1.165, 1.54) is 5.56 Å². The normalized spacial score (nSPS) is 13.6. The van der Waals surface area contributed by atoms with Crippen molar-refractivity contribution in [2.24, 2.45) is 0 Å². The van der Waals surface area contributed by atoms with Crippen LogP contribution in [0.25, 0.3) is 0 Å². The second-order valence-electron chi connectivity index (χ2n) is 5.77. The average molecular weight is 251 g/mol. The molecule has 3 heteroatoms. The van der Waals surface area contributed by atoms with Crippen molar-refractivity contribution >= 4 is 8.07 Å². The van der Waals surface area contributed by atoms with Crippen LogP contribution in [0.2, 0.25) is 19.6 Å². The van der Waals surface area contributed by atoms with Gasteiger partial charge in [0, 0.05) is 12.6 Å². The molecule has 1 aromatic carbocycles. The molecular formula is C14H25NOSi. The van der Waals surface area contributed by atoms with E-state index in [2.05, 4.69) is 49.2 Å². The molecule has 0 saturated heterocycles. The average Bonchev–Trinajstić information content (AvgIpc) is 2.29. The summed E-state index contributed by atoms with van der Waals surface area (Å²) in [6, 6.07) is 10.9. The molecule has 0 aliphatic carbocycles. The van der Waals surface area contributed by atoms with Crippen molar-refractivity contribution < 1.29 is 5.11 Å². The molecule has 2 N–H and O–H groups in total. The van der Waals surface area contributed by atoms with Gasteiger partial charge in [-0.1, -0.05) is 50.0 Å². The maximum absolute atomic E-state index is 8.97. The third-order valence-electron chi connectivity index (χ3n) is 2.73. The van der Waals surface area contributed by atoms with Gasteiger partial charge in [0.15, 0.2) is 0 Å². The Hall–Kier alpha value is -0.643. The number of nitrogens with one attached hydrogen (secondary N) is 1. The van der Waals surface area contributed by atoms with E-state index in [1.807, 2.05) is 6.07 Å². The van der Waals surface area contributed by atoms with E-state index in [4.69, 9.17) is 5.11 Å². The lowest BCUT2D eigenvalue weighted by atomic mass is 10.0. The van der Waals surface area contributed by atoms with Crippen molar-refractivity contribution in [3.63, 3.8) is 0 Å². The van der Waals surface area contributed by atoms with Gasteiger partial charge in [0.25, 0.3) is 0 Å². The SMILES string of the molecule is C[Si](C)(C)CNC(CCCO)c1ccccc1. The standard InChI is InChI=1S/C14H25NOSi/c1-17(2,3)12-15-14(10-7-11-16)13-8-5-4-6-9-13/h4-6,8-9,14-16H,7,10-12H2,1-3H3. The summed E-state index contributed by atoms with van der Waals surface area (Å²) in [4.78, 5) is 0. The second-order valence-corrected chi connectivity index (χ2v) is 11.2. The highest BCUT2D eigenvalue weighted by molar-refractivity contribution is 6.76. The lowest BCUT2D eigenvalue weighted by molar-refractivity contribution is 0.276. The smallest absolute Gasteiger partial charge is 0.0596 e. The molecule has 0 aliphatic heterocycles. The number of hydrogen-bond donors (Lipinski definition) is 2. The Morgan fingerprint density at radius 3 is 2.35 bits per heavy atom. The van der Waals surface area contributed by atoms with E-state index in [0.717, 1.165) is 19.0 Å². The highest BCUT2D eigenvalue weighted by Crippen LogP contribution is 2.18. The molecule has 0 aromatic heterocycles. The minimum absolute atomic E-state index is 0.276.